The highest BCUT2D eigenvalue weighted by molar-refractivity contribution is 5.75. The molecule has 1 aromatic heterocycles. The van der Waals surface area contributed by atoms with Crippen LogP contribution < -0.4 is 11.4 Å². The van der Waals surface area contributed by atoms with Gasteiger partial charge in [0.2, 0.25) is 0 Å². The lowest BCUT2D eigenvalue weighted by Gasteiger charge is -2.31. The molecule has 0 bridgehead atoms. The fraction of sp³-hybridized carbons (Fsp3) is 0.417. The molecule has 4 nitrogen and oxygen atoms in total. The topological polar surface area (TPSA) is 74.7 Å². The van der Waals surface area contributed by atoms with E-state index in [-0.39, 0.29) is 11.7 Å². The quantitative estimate of drug-likeness (QED) is 0.715. The Labute approximate surface area is 92.9 Å². The molecule has 1 heterocycles. The molecule has 4 N–H and O–H groups in total. The first-order valence-corrected chi connectivity index (χ1v) is 5.71. The van der Waals surface area contributed by atoms with Crippen molar-refractivity contribution in [2.75, 3.05) is 0 Å². The zero-order valence-electron chi connectivity index (χ0n) is 8.99. The molecule has 2 aromatic rings. The van der Waals surface area contributed by atoms with Crippen LogP contribution in [0.25, 0.3) is 11.0 Å². The van der Waals surface area contributed by atoms with E-state index in [0.717, 1.165) is 16.6 Å². The summed E-state index contributed by atoms with van der Waals surface area (Å²) in [6.45, 7) is 0. The molecule has 16 heavy (non-hydrogen) atoms. The second-order valence-electron chi connectivity index (χ2n) is 4.60. The molecule has 0 radical (unpaired) electrons. The van der Waals surface area contributed by atoms with Crippen LogP contribution in [0.1, 0.15) is 30.9 Å². The van der Waals surface area contributed by atoms with Crippen molar-refractivity contribution in [2.45, 2.75) is 25.3 Å². The van der Waals surface area contributed by atoms with Gasteiger partial charge < -0.3 is 15.7 Å². The van der Waals surface area contributed by atoms with E-state index in [9.17, 15) is 4.79 Å². The molecule has 1 aromatic carbocycles. The molecule has 1 aliphatic rings. The van der Waals surface area contributed by atoms with Crippen LogP contribution >= 0.6 is 0 Å². The highest BCUT2D eigenvalue weighted by Crippen LogP contribution is 2.36. The number of aromatic nitrogens is 2. The lowest BCUT2D eigenvalue weighted by Crippen LogP contribution is -2.26. The van der Waals surface area contributed by atoms with E-state index in [1.54, 1.807) is 0 Å². The minimum Gasteiger partial charge on any atom is -0.324 e. The van der Waals surface area contributed by atoms with Gasteiger partial charge in [0.05, 0.1) is 11.0 Å². The number of hydrogen-bond acceptors (Lipinski definition) is 2. The first-order valence-electron chi connectivity index (χ1n) is 5.71. The van der Waals surface area contributed by atoms with E-state index in [0.29, 0.717) is 5.92 Å². The molecular weight excluding hydrogens is 202 g/mol. The first kappa shape index (κ1) is 9.66. The molecule has 0 saturated heterocycles. The Morgan fingerprint density at radius 2 is 2.00 bits per heavy atom. The van der Waals surface area contributed by atoms with Crippen LogP contribution in [0.4, 0.5) is 0 Å². The average Bonchev–Trinajstić information content (AvgIpc) is 2.53. The number of hydrogen-bond donors (Lipinski definition) is 3. The third-order valence-electron chi connectivity index (χ3n) is 3.58. The van der Waals surface area contributed by atoms with Gasteiger partial charge in [0.25, 0.3) is 0 Å². The van der Waals surface area contributed by atoms with Crippen molar-refractivity contribution in [1.82, 2.24) is 9.97 Å². The predicted octanol–water partition coefficient (Wildman–Crippen LogP) is 1.66. The third kappa shape index (κ3) is 1.46. The minimum atomic E-state index is -0.163. The maximum absolute atomic E-state index is 11.1. The van der Waals surface area contributed by atoms with Crippen molar-refractivity contribution < 1.29 is 0 Å². The number of nitrogens with two attached hydrogens (primary N) is 1. The normalized spacial score (nSPS) is 18.6. The van der Waals surface area contributed by atoms with Gasteiger partial charge in [0.15, 0.2) is 0 Å². The van der Waals surface area contributed by atoms with Crippen LogP contribution in [-0.4, -0.2) is 9.97 Å². The lowest BCUT2D eigenvalue weighted by atomic mass is 9.77. The summed E-state index contributed by atoms with van der Waals surface area (Å²) in [4.78, 5) is 16.6. The Bertz CT molecular complexity index is 565. The van der Waals surface area contributed by atoms with Crippen molar-refractivity contribution in [3.8, 4) is 0 Å². The van der Waals surface area contributed by atoms with Crippen molar-refractivity contribution in [1.29, 1.82) is 0 Å². The summed E-state index contributed by atoms with van der Waals surface area (Å²) in [6, 6.07) is 6.02. The number of rotatable bonds is 2. The van der Waals surface area contributed by atoms with Crippen molar-refractivity contribution in [3.05, 3.63) is 34.2 Å². The summed E-state index contributed by atoms with van der Waals surface area (Å²) in [7, 11) is 0. The Morgan fingerprint density at radius 1 is 1.25 bits per heavy atom. The minimum absolute atomic E-state index is 0.108. The molecule has 0 aliphatic heterocycles. The van der Waals surface area contributed by atoms with E-state index in [4.69, 9.17) is 5.73 Å². The maximum atomic E-state index is 11.1. The Balaban J connectivity index is 2.00. The van der Waals surface area contributed by atoms with E-state index in [1.165, 1.54) is 19.3 Å². The summed E-state index contributed by atoms with van der Waals surface area (Å²) in [5, 5.41) is 0. The molecule has 0 amide bonds. The van der Waals surface area contributed by atoms with Crippen LogP contribution in [0, 0.1) is 5.92 Å². The average molecular weight is 217 g/mol. The molecule has 1 aliphatic carbocycles. The standard InChI is InChI=1S/C12H15N3O/c13-11(7-2-1-3-7)8-4-5-9-10(6-8)15-12(16)14-9/h4-7,11H,1-3,13H2,(H2,14,15,16). The van der Waals surface area contributed by atoms with E-state index >= 15 is 0 Å². The highest BCUT2D eigenvalue weighted by atomic mass is 16.1. The van der Waals surface area contributed by atoms with Crippen LogP contribution in [0.3, 0.4) is 0 Å². The molecular formula is C12H15N3O. The van der Waals surface area contributed by atoms with Crippen molar-refractivity contribution >= 4 is 11.0 Å². The van der Waals surface area contributed by atoms with Gasteiger partial charge in [-0.3, -0.25) is 0 Å². The summed E-state index contributed by atoms with van der Waals surface area (Å²) < 4.78 is 0. The molecule has 1 atom stereocenters. The number of H-pyrrole nitrogens is 2. The van der Waals surface area contributed by atoms with Gasteiger partial charge in [0, 0.05) is 6.04 Å². The molecule has 3 rings (SSSR count). The third-order valence-corrected chi connectivity index (χ3v) is 3.58. The Morgan fingerprint density at radius 3 is 2.69 bits per heavy atom. The van der Waals surface area contributed by atoms with Gasteiger partial charge >= 0.3 is 5.69 Å². The second-order valence-corrected chi connectivity index (χ2v) is 4.60. The maximum Gasteiger partial charge on any atom is 0.323 e. The second kappa shape index (κ2) is 3.49. The molecule has 0 spiro atoms. The fourth-order valence-electron chi connectivity index (χ4n) is 2.33. The van der Waals surface area contributed by atoms with Gasteiger partial charge in [0.1, 0.15) is 0 Å². The van der Waals surface area contributed by atoms with Crippen molar-refractivity contribution in [2.24, 2.45) is 11.7 Å². The van der Waals surface area contributed by atoms with Crippen LogP contribution in [-0.2, 0) is 0 Å². The number of fused-ring (bicyclic) bond motifs is 1. The van der Waals surface area contributed by atoms with E-state index in [1.807, 2.05) is 18.2 Å². The number of aromatic amines is 2. The van der Waals surface area contributed by atoms with Gasteiger partial charge in [-0.15, -0.1) is 0 Å². The molecule has 1 unspecified atom stereocenters. The number of imidazole rings is 1. The van der Waals surface area contributed by atoms with E-state index < -0.39 is 0 Å². The smallest absolute Gasteiger partial charge is 0.323 e. The van der Waals surface area contributed by atoms with E-state index in [2.05, 4.69) is 9.97 Å². The van der Waals surface area contributed by atoms with Crippen molar-refractivity contribution in [3.63, 3.8) is 0 Å². The monoisotopic (exact) mass is 217 g/mol. The van der Waals surface area contributed by atoms with Gasteiger partial charge in [-0.05, 0) is 36.5 Å². The van der Waals surface area contributed by atoms with Crippen LogP contribution in [0.15, 0.2) is 23.0 Å². The summed E-state index contributed by atoms with van der Waals surface area (Å²) >= 11 is 0. The van der Waals surface area contributed by atoms with Crippen LogP contribution in [0.5, 0.6) is 0 Å². The molecule has 84 valence electrons. The molecule has 4 heteroatoms. The lowest BCUT2D eigenvalue weighted by molar-refractivity contribution is 0.264. The van der Waals surface area contributed by atoms with Gasteiger partial charge in [-0.1, -0.05) is 12.5 Å². The van der Waals surface area contributed by atoms with Gasteiger partial charge in [-0.25, -0.2) is 4.79 Å². The zero-order valence-corrected chi connectivity index (χ0v) is 8.99. The van der Waals surface area contributed by atoms with Gasteiger partial charge in [-0.2, -0.15) is 0 Å². The number of benzene rings is 1. The predicted molar refractivity (Wildman–Crippen MR) is 63.2 cm³/mol. The fourth-order valence-corrected chi connectivity index (χ4v) is 2.33. The molecule has 1 fully saturated rings. The SMILES string of the molecule is NC(c1ccc2[nH]c(=O)[nH]c2c1)C1CCC1. The zero-order chi connectivity index (χ0) is 11.1. The van der Waals surface area contributed by atoms with Crippen LogP contribution in [0.2, 0.25) is 0 Å². The first-order chi connectivity index (χ1) is 7.74. The summed E-state index contributed by atoms with van der Waals surface area (Å²) in [6.07, 6.45) is 3.74. The largest absolute Gasteiger partial charge is 0.324 e. The number of nitrogens with one attached hydrogen (secondary N) is 2. The Kier molecular flexibility index (Phi) is 2.11. The summed E-state index contributed by atoms with van der Waals surface area (Å²) in [5.41, 5.74) is 8.84. The highest BCUT2D eigenvalue weighted by Gasteiger charge is 2.25. The summed E-state index contributed by atoms with van der Waals surface area (Å²) in [5.74, 6) is 0.614. The molecule has 1 saturated carbocycles. The Hall–Kier alpha value is -1.55.